The van der Waals surface area contributed by atoms with E-state index in [9.17, 15) is 0 Å². The molecule has 0 aromatic carbocycles. The molecule has 16 heavy (non-hydrogen) atoms. The molecule has 1 atom stereocenters. The lowest BCUT2D eigenvalue weighted by Gasteiger charge is -2.33. The van der Waals surface area contributed by atoms with Gasteiger partial charge < -0.3 is 5.32 Å². The minimum atomic E-state index is 0.744. The van der Waals surface area contributed by atoms with E-state index >= 15 is 0 Å². The second kappa shape index (κ2) is 9.00. The molecule has 0 unspecified atom stereocenters. The highest BCUT2D eigenvalue weighted by atomic mass is 15.2. The first-order valence-electron chi connectivity index (χ1n) is 7.29. The van der Waals surface area contributed by atoms with Crippen LogP contribution in [0, 0.1) is 0 Å². The van der Waals surface area contributed by atoms with Crippen LogP contribution in [0.15, 0.2) is 0 Å². The Morgan fingerprint density at radius 2 is 1.75 bits per heavy atom. The fourth-order valence-corrected chi connectivity index (χ4v) is 2.49. The van der Waals surface area contributed by atoms with Crippen molar-refractivity contribution in [1.82, 2.24) is 10.2 Å². The van der Waals surface area contributed by atoms with E-state index in [4.69, 9.17) is 0 Å². The van der Waals surface area contributed by atoms with Crippen LogP contribution in [0.1, 0.15) is 58.8 Å². The molecule has 0 radical (unpaired) electrons. The topological polar surface area (TPSA) is 15.3 Å². The fraction of sp³-hybridized carbons (Fsp3) is 1.00. The number of nitrogens with one attached hydrogen (secondary N) is 1. The molecule has 2 nitrogen and oxygen atoms in total. The van der Waals surface area contributed by atoms with Crippen LogP contribution >= 0.6 is 0 Å². The molecule has 1 fully saturated rings. The third-order valence-corrected chi connectivity index (χ3v) is 3.69. The van der Waals surface area contributed by atoms with Crippen LogP contribution in [0.2, 0.25) is 0 Å². The Labute approximate surface area is 102 Å². The van der Waals surface area contributed by atoms with Gasteiger partial charge in [-0.15, -0.1) is 0 Å². The van der Waals surface area contributed by atoms with Gasteiger partial charge in [0.1, 0.15) is 0 Å². The standard InChI is InChI=1S/C14H30N2/c1-3-4-5-6-7-8-9-11-16-12-10-15-13-14(16)2/h14-15H,3-13H2,1-2H3/t14-/m0/s1. The van der Waals surface area contributed by atoms with Crippen molar-refractivity contribution in [2.24, 2.45) is 0 Å². The predicted octanol–water partition coefficient (Wildman–Crippen LogP) is 3.03. The van der Waals surface area contributed by atoms with E-state index in [1.165, 1.54) is 71.1 Å². The lowest BCUT2D eigenvalue weighted by Crippen LogP contribution is -2.49. The van der Waals surface area contributed by atoms with Gasteiger partial charge in [0.15, 0.2) is 0 Å². The van der Waals surface area contributed by atoms with Crippen molar-refractivity contribution in [2.75, 3.05) is 26.2 Å². The number of piperazine rings is 1. The van der Waals surface area contributed by atoms with Gasteiger partial charge in [-0.2, -0.15) is 0 Å². The predicted molar refractivity (Wildman–Crippen MR) is 71.9 cm³/mol. The van der Waals surface area contributed by atoms with Gasteiger partial charge in [0.2, 0.25) is 0 Å². The lowest BCUT2D eigenvalue weighted by molar-refractivity contribution is 0.170. The summed E-state index contributed by atoms with van der Waals surface area (Å²) >= 11 is 0. The van der Waals surface area contributed by atoms with E-state index in [-0.39, 0.29) is 0 Å². The van der Waals surface area contributed by atoms with Crippen molar-refractivity contribution in [1.29, 1.82) is 0 Å². The van der Waals surface area contributed by atoms with Gasteiger partial charge in [-0.05, 0) is 19.9 Å². The van der Waals surface area contributed by atoms with E-state index < -0.39 is 0 Å². The normalized spacial score (nSPS) is 22.5. The van der Waals surface area contributed by atoms with Gasteiger partial charge in [0.25, 0.3) is 0 Å². The quantitative estimate of drug-likeness (QED) is 0.640. The maximum atomic E-state index is 3.45. The zero-order chi connectivity index (χ0) is 11.6. The SMILES string of the molecule is CCCCCCCCCN1CCNC[C@@H]1C. The molecule has 96 valence electrons. The highest BCUT2D eigenvalue weighted by molar-refractivity contribution is 4.75. The molecule has 1 rings (SSSR count). The van der Waals surface area contributed by atoms with Crippen molar-refractivity contribution in [2.45, 2.75) is 64.8 Å². The molecule has 1 saturated heterocycles. The number of hydrogen-bond donors (Lipinski definition) is 1. The van der Waals surface area contributed by atoms with E-state index in [1.54, 1.807) is 0 Å². The third-order valence-electron chi connectivity index (χ3n) is 3.69. The summed E-state index contributed by atoms with van der Waals surface area (Å²) in [6, 6.07) is 0.744. The largest absolute Gasteiger partial charge is 0.314 e. The minimum Gasteiger partial charge on any atom is -0.314 e. The van der Waals surface area contributed by atoms with Crippen molar-refractivity contribution >= 4 is 0 Å². The monoisotopic (exact) mass is 226 g/mol. The van der Waals surface area contributed by atoms with E-state index in [2.05, 4.69) is 24.1 Å². The molecule has 0 saturated carbocycles. The summed E-state index contributed by atoms with van der Waals surface area (Å²) < 4.78 is 0. The van der Waals surface area contributed by atoms with Crippen LogP contribution in [0.3, 0.4) is 0 Å². The molecule has 1 aliphatic heterocycles. The zero-order valence-corrected chi connectivity index (χ0v) is 11.3. The number of unbranched alkanes of at least 4 members (excludes halogenated alkanes) is 6. The average Bonchev–Trinajstić information content (AvgIpc) is 2.30. The average molecular weight is 226 g/mol. The molecule has 0 aliphatic carbocycles. The van der Waals surface area contributed by atoms with Gasteiger partial charge in [0, 0.05) is 25.7 Å². The molecule has 0 aromatic rings. The highest BCUT2D eigenvalue weighted by Gasteiger charge is 2.16. The third kappa shape index (κ3) is 5.86. The molecular weight excluding hydrogens is 196 g/mol. The van der Waals surface area contributed by atoms with E-state index in [0.29, 0.717) is 0 Å². The van der Waals surface area contributed by atoms with Crippen molar-refractivity contribution in [3.05, 3.63) is 0 Å². The van der Waals surface area contributed by atoms with Crippen LogP contribution in [0.4, 0.5) is 0 Å². The Morgan fingerprint density at radius 3 is 2.44 bits per heavy atom. The van der Waals surface area contributed by atoms with Crippen molar-refractivity contribution in [3.63, 3.8) is 0 Å². The molecule has 0 spiro atoms. The molecule has 2 heteroatoms. The summed E-state index contributed by atoms with van der Waals surface area (Å²) in [4.78, 5) is 2.64. The molecule has 1 heterocycles. The van der Waals surface area contributed by atoms with Crippen LogP contribution in [0.5, 0.6) is 0 Å². The maximum Gasteiger partial charge on any atom is 0.0192 e. The van der Waals surface area contributed by atoms with Crippen LogP contribution in [0.25, 0.3) is 0 Å². The lowest BCUT2D eigenvalue weighted by atomic mass is 10.1. The fourth-order valence-electron chi connectivity index (χ4n) is 2.49. The summed E-state index contributed by atoms with van der Waals surface area (Å²) in [5, 5.41) is 3.45. The smallest absolute Gasteiger partial charge is 0.0192 e. The molecule has 1 aliphatic rings. The van der Waals surface area contributed by atoms with Gasteiger partial charge in [-0.1, -0.05) is 45.4 Å². The Bertz CT molecular complexity index is 159. The van der Waals surface area contributed by atoms with Crippen molar-refractivity contribution < 1.29 is 0 Å². The summed E-state index contributed by atoms with van der Waals surface area (Å²) in [5.41, 5.74) is 0. The second-order valence-electron chi connectivity index (χ2n) is 5.21. The first-order chi connectivity index (χ1) is 7.84. The number of nitrogens with zero attached hydrogens (tertiary/aromatic N) is 1. The maximum absolute atomic E-state index is 3.45. The Balaban J connectivity index is 1.90. The van der Waals surface area contributed by atoms with Crippen LogP contribution in [-0.4, -0.2) is 37.1 Å². The first-order valence-corrected chi connectivity index (χ1v) is 7.29. The van der Waals surface area contributed by atoms with Gasteiger partial charge in [-0.25, -0.2) is 0 Å². The van der Waals surface area contributed by atoms with Gasteiger partial charge >= 0.3 is 0 Å². The Kier molecular flexibility index (Phi) is 7.87. The number of rotatable bonds is 8. The zero-order valence-electron chi connectivity index (χ0n) is 11.3. The molecule has 0 aromatic heterocycles. The molecule has 0 bridgehead atoms. The molecule has 1 N–H and O–H groups in total. The van der Waals surface area contributed by atoms with E-state index in [1.807, 2.05) is 0 Å². The summed E-state index contributed by atoms with van der Waals surface area (Å²) in [5.74, 6) is 0. The summed E-state index contributed by atoms with van der Waals surface area (Å²) in [6.45, 7) is 9.55. The number of hydrogen-bond acceptors (Lipinski definition) is 2. The van der Waals surface area contributed by atoms with E-state index in [0.717, 1.165) is 6.04 Å². The van der Waals surface area contributed by atoms with Gasteiger partial charge in [-0.3, -0.25) is 4.90 Å². The Hall–Kier alpha value is -0.0800. The van der Waals surface area contributed by atoms with Crippen LogP contribution in [-0.2, 0) is 0 Å². The summed E-state index contributed by atoms with van der Waals surface area (Å²) in [6.07, 6.45) is 9.95. The summed E-state index contributed by atoms with van der Waals surface area (Å²) in [7, 11) is 0. The van der Waals surface area contributed by atoms with Crippen molar-refractivity contribution in [3.8, 4) is 0 Å². The first kappa shape index (κ1) is 14.0. The van der Waals surface area contributed by atoms with Crippen LogP contribution < -0.4 is 5.32 Å². The highest BCUT2D eigenvalue weighted by Crippen LogP contribution is 2.09. The molecule has 0 amide bonds. The van der Waals surface area contributed by atoms with Gasteiger partial charge in [0.05, 0.1) is 0 Å². The minimum absolute atomic E-state index is 0.744. The molecular formula is C14H30N2. The second-order valence-corrected chi connectivity index (χ2v) is 5.21. The Morgan fingerprint density at radius 1 is 1.06 bits per heavy atom.